The van der Waals surface area contributed by atoms with Crippen LogP contribution in [0.25, 0.3) is 0 Å². The van der Waals surface area contributed by atoms with Gasteiger partial charge in [-0.1, -0.05) is 6.92 Å². The Hall–Kier alpha value is -1.36. The highest BCUT2D eigenvalue weighted by molar-refractivity contribution is 7.99. The average molecular weight is 266 g/mol. The second kappa shape index (κ2) is 5.52. The van der Waals surface area contributed by atoms with Gasteiger partial charge in [0.2, 0.25) is 0 Å². The van der Waals surface area contributed by atoms with Crippen LogP contribution in [0.4, 0.5) is 5.69 Å². The highest BCUT2D eigenvalue weighted by Gasteiger charge is 2.22. The summed E-state index contributed by atoms with van der Waals surface area (Å²) in [5.41, 5.74) is 6.94. The lowest BCUT2D eigenvalue weighted by atomic mass is 10.1. The standard InChI is InChI=1S/C13H18N2O2S/c1-9-8-15(5-6-18-9)13(16)10-3-4-11(14)12(7-10)17-2/h3-4,7,9H,5-6,8,14H2,1-2H3. The number of hydrogen-bond donors (Lipinski definition) is 1. The summed E-state index contributed by atoms with van der Waals surface area (Å²) in [5.74, 6) is 1.61. The molecule has 1 aliphatic rings. The second-order valence-corrected chi connectivity index (χ2v) is 5.94. The molecular weight excluding hydrogens is 248 g/mol. The Kier molecular flexibility index (Phi) is 4.01. The number of anilines is 1. The van der Waals surface area contributed by atoms with Crippen LogP contribution >= 0.6 is 11.8 Å². The van der Waals surface area contributed by atoms with Crippen LogP contribution in [0.5, 0.6) is 5.75 Å². The molecule has 0 spiro atoms. The number of nitrogens with two attached hydrogens (primary N) is 1. The molecular formula is C13H18N2O2S. The van der Waals surface area contributed by atoms with Crippen LogP contribution in [0.2, 0.25) is 0 Å². The number of nitrogen functional groups attached to an aromatic ring is 1. The summed E-state index contributed by atoms with van der Waals surface area (Å²) in [6.07, 6.45) is 0. The number of nitrogens with zero attached hydrogens (tertiary/aromatic N) is 1. The van der Waals surface area contributed by atoms with E-state index in [0.717, 1.165) is 18.8 Å². The average Bonchev–Trinajstić information content (AvgIpc) is 2.38. The van der Waals surface area contributed by atoms with E-state index in [1.807, 2.05) is 16.7 Å². The van der Waals surface area contributed by atoms with E-state index < -0.39 is 0 Å². The molecule has 98 valence electrons. The predicted molar refractivity (Wildman–Crippen MR) is 75.2 cm³/mol. The van der Waals surface area contributed by atoms with Crippen LogP contribution in [0.1, 0.15) is 17.3 Å². The van der Waals surface area contributed by atoms with Crippen LogP contribution in [-0.4, -0.2) is 42.0 Å². The Morgan fingerprint density at radius 3 is 3.00 bits per heavy atom. The topological polar surface area (TPSA) is 55.6 Å². The number of hydrogen-bond acceptors (Lipinski definition) is 4. The zero-order valence-electron chi connectivity index (χ0n) is 10.7. The molecule has 0 saturated carbocycles. The second-order valence-electron chi connectivity index (χ2n) is 4.39. The number of benzene rings is 1. The van der Waals surface area contributed by atoms with Gasteiger partial charge in [0.25, 0.3) is 5.91 Å². The van der Waals surface area contributed by atoms with Crippen molar-refractivity contribution in [2.75, 3.05) is 31.7 Å². The SMILES string of the molecule is COc1cc(C(=O)N2CCSC(C)C2)ccc1N. The van der Waals surface area contributed by atoms with Crippen LogP contribution < -0.4 is 10.5 Å². The summed E-state index contributed by atoms with van der Waals surface area (Å²) in [6.45, 7) is 3.75. The van der Waals surface area contributed by atoms with Gasteiger partial charge in [0.15, 0.2) is 0 Å². The molecule has 2 rings (SSSR count). The largest absolute Gasteiger partial charge is 0.495 e. The summed E-state index contributed by atoms with van der Waals surface area (Å²) in [4.78, 5) is 14.2. The van der Waals surface area contributed by atoms with E-state index in [1.165, 1.54) is 0 Å². The maximum Gasteiger partial charge on any atom is 0.254 e. The molecule has 1 amide bonds. The van der Waals surface area contributed by atoms with Gasteiger partial charge in [0.1, 0.15) is 5.75 Å². The Labute approximate surface area is 111 Å². The molecule has 1 atom stereocenters. The minimum Gasteiger partial charge on any atom is -0.495 e. The summed E-state index contributed by atoms with van der Waals surface area (Å²) in [5, 5.41) is 0.498. The Balaban J connectivity index is 2.17. The molecule has 5 heteroatoms. The van der Waals surface area contributed by atoms with Gasteiger partial charge < -0.3 is 15.4 Å². The minimum atomic E-state index is 0.0560. The molecule has 4 nitrogen and oxygen atoms in total. The van der Waals surface area contributed by atoms with E-state index in [9.17, 15) is 4.79 Å². The first kappa shape index (κ1) is 13.1. The van der Waals surface area contributed by atoms with Gasteiger partial charge in [0.05, 0.1) is 12.8 Å². The first-order chi connectivity index (χ1) is 8.61. The van der Waals surface area contributed by atoms with Gasteiger partial charge in [0, 0.05) is 29.7 Å². The smallest absolute Gasteiger partial charge is 0.254 e. The van der Waals surface area contributed by atoms with Gasteiger partial charge in [-0.3, -0.25) is 4.79 Å². The lowest BCUT2D eigenvalue weighted by Gasteiger charge is -2.30. The van der Waals surface area contributed by atoms with Crippen molar-refractivity contribution in [3.63, 3.8) is 0 Å². The fourth-order valence-electron chi connectivity index (χ4n) is 2.03. The molecule has 1 unspecified atom stereocenters. The third-order valence-electron chi connectivity index (χ3n) is 3.01. The Bertz CT molecular complexity index is 451. The highest BCUT2D eigenvalue weighted by atomic mass is 32.2. The molecule has 18 heavy (non-hydrogen) atoms. The molecule has 1 fully saturated rings. The van der Waals surface area contributed by atoms with Crippen LogP contribution in [0.15, 0.2) is 18.2 Å². The molecule has 2 N–H and O–H groups in total. The van der Waals surface area contributed by atoms with E-state index >= 15 is 0 Å². The normalized spacial score (nSPS) is 19.7. The molecule has 1 aromatic rings. The molecule has 0 aromatic heterocycles. The molecule has 1 aliphatic heterocycles. The number of thioether (sulfide) groups is 1. The lowest BCUT2D eigenvalue weighted by Crippen LogP contribution is -2.41. The minimum absolute atomic E-state index is 0.0560. The van der Waals surface area contributed by atoms with Crippen LogP contribution in [0, 0.1) is 0 Å². The van der Waals surface area contributed by atoms with Crippen molar-refractivity contribution in [3.8, 4) is 5.75 Å². The van der Waals surface area contributed by atoms with Gasteiger partial charge in [-0.05, 0) is 18.2 Å². The van der Waals surface area contributed by atoms with Crippen molar-refractivity contribution >= 4 is 23.4 Å². The Morgan fingerprint density at radius 1 is 1.56 bits per heavy atom. The number of carbonyl (C=O) groups is 1. The van der Waals surface area contributed by atoms with E-state index in [2.05, 4.69) is 6.92 Å². The third-order valence-corrected chi connectivity index (χ3v) is 4.15. The van der Waals surface area contributed by atoms with Crippen molar-refractivity contribution in [2.24, 2.45) is 0 Å². The zero-order chi connectivity index (χ0) is 13.1. The first-order valence-corrected chi connectivity index (χ1v) is 7.01. The number of carbonyl (C=O) groups excluding carboxylic acids is 1. The summed E-state index contributed by atoms with van der Waals surface area (Å²) in [7, 11) is 1.56. The van der Waals surface area contributed by atoms with Crippen molar-refractivity contribution in [1.29, 1.82) is 0 Å². The molecule has 1 heterocycles. The van der Waals surface area contributed by atoms with E-state index in [0.29, 0.717) is 22.3 Å². The van der Waals surface area contributed by atoms with E-state index in [1.54, 1.807) is 25.3 Å². The quantitative estimate of drug-likeness (QED) is 0.830. The maximum absolute atomic E-state index is 12.3. The Morgan fingerprint density at radius 2 is 2.33 bits per heavy atom. The van der Waals surface area contributed by atoms with Crippen molar-refractivity contribution < 1.29 is 9.53 Å². The summed E-state index contributed by atoms with van der Waals surface area (Å²) in [6, 6.07) is 5.19. The highest BCUT2D eigenvalue weighted by Crippen LogP contribution is 2.24. The molecule has 0 radical (unpaired) electrons. The number of amides is 1. The third kappa shape index (κ3) is 2.72. The lowest BCUT2D eigenvalue weighted by molar-refractivity contribution is 0.0763. The maximum atomic E-state index is 12.3. The summed E-state index contributed by atoms with van der Waals surface area (Å²) >= 11 is 1.91. The number of methoxy groups -OCH3 is 1. The van der Waals surface area contributed by atoms with Crippen LogP contribution in [0.3, 0.4) is 0 Å². The van der Waals surface area contributed by atoms with E-state index in [-0.39, 0.29) is 5.91 Å². The van der Waals surface area contributed by atoms with Crippen molar-refractivity contribution in [3.05, 3.63) is 23.8 Å². The van der Waals surface area contributed by atoms with Crippen molar-refractivity contribution in [1.82, 2.24) is 4.90 Å². The van der Waals surface area contributed by atoms with Crippen LogP contribution in [-0.2, 0) is 0 Å². The van der Waals surface area contributed by atoms with Gasteiger partial charge in [-0.25, -0.2) is 0 Å². The fourth-order valence-corrected chi connectivity index (χ4v) is 3.04. The zero-order valence-corrected chi connectivity index (χ0v) is 11.5. The molecule has 1 aromatic carbocycles. The fraction of sp³-hybridized carbons (Fsp3) is 0.462. The number of ether oxygens (including phenoxy) is 1. The molecule has 1 saturated heterocycles. The van der Waals surface area contributed by atoms with Gasteiger partial charge in [-0.2, -0.15) is 11.8 Å². The summed E-state index contributed by atoms with van der Waals surface area (Å²) < 4.78 is 5.14. The predicted octanol–water partition coefficient (Wildman–Crippen LogP) is 1.85. The number of rotatable bonds is 2. The van der Waals surface area contributed by atoms with Crippen molar-refractivity contribution in [2.45, 2.75) is 12.2 Å². The molecule has 0 bridgehead atoms. The first-order valence-electron chi connectivity index (χ1n) is 5.96. The monoisotopic (exact) mass is 266 g/mol. The van der Waals surface area contributed by atoms with Gasteiger partial charge >= 0.3 is 0 Å². The molecule has 0 aliphatic carbocycles. The van der Waals surface area contributed by atoms with Gasteiger partial charge in [-0.15, -0.1) is 0 Å². The van der Waals surface area contributed by atoms with E-state index in [4.69, 9.17) is 10.5 Å².